The number of carbonyl (C=O) groups excluding carboxylic acids is 1. The van der Waals surface area contributed by atoms with Gasteiger partial charge in [-0.25, -0.2) is 4.98 Å². The summed E-state index contributed by atoms with van der Waals surface area (Å²) in [6.45, 7) is 7.00. The van der Waals surface area contributed by atoms with Crippen molar-refractivity contribution in [2.45, 2.75) is 46.8 Å². The molecular formula is C17H25N3O2. The first-order valence-electron chi connectivity index (χ1n) is 7.79. The number of hydrogen-bond donors (Lipinski definition) is 1. The van der Waals surface area contributed by atoms with Crippen LogP contribution in [0.25, 0.3) is 11.0 Å². The van der Waals surface area contributed by atoms with Gasteiger partial charge in [-0.05, 0) is 43.5 Å². The molecule has 1 amide bonds. The molecule has 1 aromatic heterocycles. The van der Waals surface area contributed by atoms with Crippen LogP contribution in [-0.4, -0.2) is 39.1 Å². The minimum Gasteiger partial charge on any atom is -0.388 e. The van der Waals surface area contributed by atoms with Gasteiger partial charge < -0.3 is 14.6 Å². The average Bonchev–Trinajstić information content (AvgIpc) is 2.82. The van der Waals surface area contributed by atoms with E-state index in [9.17, 15) is 9.90 Å². The van der Waals surface area contributed by atoms with E-state index in [1.165, 1.54) is 0 Å². The lowest BCUT2D eigenvalue weighted by atomic mass is 10.1. The molecule has 1 heterocycles. The zero-order chi connectivity index (χ0) is 16.3. The van der Waals surface area contributed by atoms with Gasteiger partial charge in [0.2, 0.25) is 5.91 Å². The standard InChI is InChI=1S/C17H25N3O2/c1-5-6-7-19(4)17(22)10-20-15-9-13(3)12(2)8-14(15)18-16(20)11-21/h8-9,21H,5-7,10-11H2,1-4H3. The maximum Gasteiger partial charge on any atom is 0.242 e. The Morgan fingerprint density at radius 2 is 2.00 bits per heavy atom. The molecule has 0 unspecified atom stereocenters. The van der Waals surface area contributed by atoms with Gasteiger partial charge in [-0.1, -0.05) is 13.3 Å². The number of rotatable bonds is 6. The average molecular weight is 303 g/mol. The number of amides is 1. The smallest absolute Gasteiger partial charge is 0.242 e. The number of aromatic nitrogens is 2. The number of benzene rings is 1. The Labute approximate surface area is 131 Å². The highest BCUT2D eigenvalue weighted by molar-refractivity contribution is 5.82. The molecule has 5 nitrogen and oxygen atoms in total. The molecule has 120 valence electrons. The molecule has 0 spiro atoms. The minimum absolute atomic E-state index is 0.0423. The Balaban J connectivity index is 2.33. The van der Waals surface area contributed by atoms with Crippen LogP contribution in [0, 0.1) is 13.8 Å². The van der Waals surface area contributed by atoms with Crippen LogP contribution in [-0.2, 0) is 17.9 Å². The highest BCUT2D eigenvalue weighted by Crippen LogP contribution is 2.21. The number of hydrogen-bond acceptors (Lipinski definition) is 3. The van der Waals surface area contributed by atoms with Crippen LogP contribution in [0.4, 0.5) is 0 Å². The van der Waals surface area contributed by atoms with Gasteiger partial charge in [0.25, 0.3) is 0 Å². The van der Waals surface area contributed by atoms with Gasteiger partial charge in [-0.15, -0.1) is 0 Å². The van der Waals surface area contributed by atoms with Crippen molar-refractivity contribution in [1.82, 2.24) is 14.5 Å². The Morgan fingerprint density at radius 1 is 1.32 bits per heavy atom. The van der Waals surface area contributed by atoms with E-state index in [1.807, 2.05) is 37.6 Å². The van der Waals surface area contributed by atoms with E-state index < -0.39 is 0 Å². The van der Waals surface area contributed by atoms with Crippen LogP contribution in [0.3, 0.4) is 0 Å². The molecule has 0 aliphatic heterocycles. The summed E-state index contributed by atoms with van der Waals surface area (Å²) >= 11 is 0. The number of carbonyl (C=O) groups is 1. The Morgan fingerprint density at radius 3 is 2.64 bits per heavy atom. The number of fused-ring (bicyclic) bond motifs is 1. The van der Waals surface area contributed by atoms with Crippen molar-refractivity contribution in [3.05, 3.63) is 29.1 Å². The number of likely N-dealkylation sites (N-methyl/N-ethyl adjacent to an activating group) is 1. The van der Waals surface area contributed by atoms with Crippen LogP contribution < -0.4 is 0 Å². The second-order valence-corrected chi connectivity index (χ2v) is 5.87. The van der Waals surface area contributed by atoms with E-state index in [-0.39, 0.29) is 19.1 Å². The van der Waals surface area contributed by atoms with E-state index in [0.29, 0.717) is 5.82 Å². The van der Waals surface area contributed by atoms with E-state index in [0.717, 1.165) is 41.5 Å². The number of imidazole rings is 1. The predicted molar refractivity (Wildman–Crippen MR) is 87.7 cm³/mol. The number of nitrogens with zero attached hydrogens (tertiary/aromatic N) is 3. The highest BCUT2D eigenvalue weighted by Gasteiger charge is 2.16. The maximum atomic E-state index is 12.4. The Kier molecular flexibility index (Phi) is 5.19. The van der Waals surface area contributed by atoms with Crippen LogP contribution in [0.15, 0.2) is 12.1 Å². The number of aliphatic hydroxyl groups excluding tert-OH is 1. The third-order valence-electron chi connectivity index (χ3n) is 4.15. The molecule has 0 aliphatic rings. The fourth-order valence-electron chi connectivity index (χ4n) is 2.50. The van der Waals surface area contributed by atoms with Crippen molar-refractivity contribution < 1.29 is 9.90 Å². The van der Waals surface area contributed by atoms with Crippen molar-refractivity contribution in [3.8, 4) is 0 Å². The predicted octanol–water partition coefficient (Wildman–Crippen LogP) is 2.40. The van der Waals surface area contributed by atoms with Crippen molar-refractivity contribution in [3.63, 3.8) is 0 Å². The second-order valence-electron chi connectivity index (χ2n) is 5.87. The summed E-state index contributed by atoms with van der Waals surface area (Å²) in [5, 5.41) is 9.54. The van der Waals surface area contributed by atoms with Crippen molar-refractivity contribution in [2.24, 2.45) is 0 Å². The van der Waals surface area contributed by atoms with E-state index in [2.05, 4.69) is 11.9 Å². The highest BCUT2D eigenvalue weighted by atomic mass is 16.3. The molecule has 0 saturated carbocycles. The largest absolute Gasteiger partial charge is 0.388 e. The molecule has 0 atom stereocenters. The van der Waals surface area contributed by atoms with Crippen LogP contribution in [0.1, 0.15) is 36.7 Å². The van der Waals surface area contributed by atoms with Gasteiger partial charge in [0.15, 0.2) is 0 Å². The summed E-state index contributed by atoms with van der Waals surface area (Å²) in [5.41, 5.74) is 4.05. The molecule has 0 saturated heterocycles. The second kappa shape index (κ2) is 6.92. The SMILES string of the molecule is CCCCN(C)C(=O)Cn1c(CO)nc2cc(C)c(C)cc21. The van der Waals surface area contributed by atoms with Gasteiger partial charge in [0.05, 0.1) is 11.0 Å². The number of aryl methyl sites for hydroxylation is 2. The molecular weight excluding hydrogens is 278 g/mol. The van der Waals surface area contributed by atoms with E-state index in [1.54, 1.807) is 4.90 Å². The van der Waals surface area contributed by atoms with Crippen LogP contribution in [0.5, 0.6) is 0 Å². The number of unbranched alkanes of at least 4 members (excludes halogenated alkanes) is 1. The molecule has 1 N–H and O–H groups in total. The summed E-state index contributed by atoms with van der Waals surface area (Å²) in [7, 11) is 1.82. The lowest BCUT2D eigenvalue weighted by Crippen LogP contribution is -2.31. The molecule has 1 aromatic carbocycles. The molecule has 0 aliphatic carbocycles. The molecule has 0 radical (unpaired) electrons. The molecule has 2 rings (SSSR count). The van der Waals surface area contributed by atoms with Crippen LogP contribution in [0.2, 0.25) is 0 Å². The maximum absolute atomic E-state index is 12.4. The topological polar surface area (TPSA) is 58.4 Å². The molecule has 0 fully saturated rings. The lowest BCUT2D eigenvalue weighted by molar-refractivity contribution is -0.130. The van der Waals surface area contributed by atoms with E-state index in [4.69, 9.17) is 0 Å². The van der Waals surface area contributed by atoms with Gasteiger partial charge in [-0.2, -0.15) is 0 Å². The summed E-state index contributed by atoms with van der Waals surface area (Å²) < 4.78 is 1.83. The first-order chi connectivity index (χ1) is 10.5. The Hall–Kier alpha value is -1.88. The van der Waals surface area contributed by atoms with Crippen molar-refractivity contribution in [1.29, 1.82) is 0 Å². The summed E-state index contributed by atoms with van der Waals surface area (Å²) in [4.78, 5) is 18.6. The summed E-state index contributed by atoms with van der Waals surface area (Å²) in [6.07, 6.45) is 2.06. The third kappa shape index (κ3) is 3.30. The fraction of sp³-hybridized carbons (Fsp3) is 0.529. The number of aliphatic hydroxyl groups is 1. The fourth-order valence-corrected chi connectivity index (χ4v) is 2.50. The minimum atomic E-state index is -0.168. The van der Waals surface area contributed by atoms with Gasteiger partial charge in [0.1, 0.15) is 19.0 Å². The normalized spacial score (nSPS) is 11.1. The van der Waals surface area contributed by atoms with Crippen molar-refractivity contribution in [2.75, 3.05) is 13.6 Å². The quantitative estimate of drug-likeness (QED) is 0.891. The van der Waals surface area contributed by atoms with Gasteiger partial charge >= 0.3 is 0 Å². The van der Waals surface area contributed by atoms with Gasteiger partial charge in [-0.3, -0.25) is 4.79 Å². The van der Waals surface area contributed by atoms with Gasteiger partial charge in [0, 0.05) is 13.6 Å². The summed E-state index contributed by atoms with van der Waals surface area (Å²) in [5.74, 6) is 0.581. The summed E-state index contributed by atoms with van der Waals surface area (Å²) in [6, 6.07) is 4.04. The monoisotopic (exact) mass is 303 g/mol. The first-order valence-corrected chi connectivity index (χ1v) is 7.79. The zero-order valence-electron chi connectivity index (χ0n) is 13.9. The first kappa shape index (κ1) is 16.5. The molecule has 2 aromatic rings. The molecule has 22 heavy (non-hydrogen) atoms. The molecule has 0 bridgehead atoms. The zero-order valence-corrected chi connectivity index (χ0v) is 13.9. The lowest BCUT2D eigenvalue weighted by Gasteiger charge is -2.18. The third-order valence-corrected chi connectivity index (χ3v) is 4.15. The molecule has 5 heteroatoms. The van der Waals surface area contributed by atoms with Crippen LogP contribution >= 0.6 is 0 Å². The Bertz CT molecular complexity index is 676. The van der Waals surface area contributed by atoms with Crippen molar-refractivity contribution >= 4 is 16.9 Å². The van der Waals surface area contributed by atoms with E-state index >= 15 is 0 Å².